The molecular weight excluding hydrogens is 397 g/mol. The molecule has 1 saturated heterocycles. The van der Waals surface area contributed by atoms with Gasteiger partial charge in [-0.2, -0.15) is 0 Å². The Morgan fingerprint density at radius 1 is 1.18 bits per heavy atom. The van der Waals surface area contributed by atoms with E-state index in [-0.39, 0.29) is 18.7 Å². The molecule has 1 heterocycles. The molecule has 150 valence electrons. The predicted molar refractivity (Wildman–Crippen MR) is 96.7 cm³/mol. The Bertz CT molecular complexity index is 883. The first-order valence-corrected chi connectivity index (χ1v) is 8.69. The number of carbonyl (C=O) groups is 1. The molecule has 3 rings (SSSR count). The van der Waals surface area contributed by atoms with Crippen molar-refractivity contribution < 1.29 is 27.8 Å². The number of rotatable bonds is 5. The van der Waals surface area contributed by atoms with Crippen molar-refractivity contribution in [3.8, 4) is 5.75 Å². The third-order valence-electron chi connectivity index (χ3n) is 4.99. The van der Waals surface area contributed by atoms with Gasteiger partial charge >= 0.3 is 6.36 Å². The molecule has 2 aromatic carbocycles. The topological polar surface area (TPSA) is 75.8 Å². The van der Waals surface area contributed by atoms with E-state index in [2.05, 4.69) is 4.74 Å². The summed E-state index contributed by atoms with van der Waals surface area (Å²) in [4.78, 5) is 14.2. The highest BCUT2D eigenvalue weighted by Crippen LogP contribution is 2.50. The van der Waals surface area contributed by atoms with Gasteiger partial charge in [-0.3, -0.25) is 4.79 Å². The first-order chi connectivity index (χ1) is 13.0. The van der Waals surface area contributed by atoms with Crippen molar-refractivity contribution in [3.05, 3.63) is 64.7 Å². The highest BCUT2D eigenvalue weighted by Gasteiger charge is 2.62. The van der Waals surface area contributed by atoms with Crippen LogP contribution >= 0.6 is 11.6 Å². The van der Waals surface area contributed by atoms with Crippen LogP contribution in [-0.2, 0) is 10.4 Å². The molecule has 3 N–H and O–H groups in total. The normalized spacial score (nSPS) is 18.8. The summed E-state index contributed by atoms with van der Waals surface area (Å²) in [7, 11) is 1.76. The van der Waals surface area contributed by atoms with Crippen LogP contribution in [-0.4, -0.2) is 42.4 Å². The third-order valence-corrected chi connectivity index (χ3v) is 5.23. The lowest BCUT2D eigenvalue weighted by atomic mass is 9.60. The Balaban J connectivity index is 2.13. The van der Waals surface area contributed by atoms with Crippen LogP contribution in [0.3, 0.4) is 0 Å². The average Bonchev–Trinajstić information content (AvgIpc) is 2.57. The monoisotopic (exact) mass is 414 g/mol. The maximum Gasteiger partial charge on any atom is 0.573 e. The van der Waals surface area contributed by atoms with Crippen LogP contribution < -0.4 is 10.5 Å². The second-order valence-corrected chi connectivity index (χ2v) is 7.35. The van der Waals surface area contributed by atoms with Crippen molar-refractivity contribution in [2.45, 2.75) is 12.0 Å². The number of carbonyl (C=O) groups excluding carboxylic acids is 1. The summed E-state index contributed by atoms with van der Waals surface area (Å²) in [6, 6.07) is 11.0. The van der Waals surface area contributed by atoms with E-state index < -0.39 is 29.0 Å². The molecule has 0 radical (unpaired) electrons. The summed E-state index contributed by atoms with van der Waals surface area (Å²) in [5.41, 5.74) is 2.92. The zero-order valence-corrected chi connectivity index (χ0v) is 15.6. The Morgan fingerprint density at radius 2 is 1.79 bits per heavy atom. The van der Waals surface area contributed by atoms with Crippen molar-refractivity contribution in [2.75, 3.05) is 20.1 Å². The van der Waals surface area contributed by atoms with Crippen LogP contribution in [0.1, 0.15) is 11.1 Å². The lowest BCUT2D eigenvalue weighted by Crippen LogP contribution is -2.70. The number of amides is 1. The molecular formula is C19H18ClF3N2O3. The lowest BCUT2D eigenvalue weighted by Gasteiger charge is -2.55. The Morgan fingerprint density at radius 3 is 2.25 bits per heavy atom. The Labute approximate surface area is 164 Å². The number of nitrogens with zero attached hydrogens (tertiary/aromatic N) is 1. The molecule has 0 aromatic heterocycles. The van der Waals surface area contributed by atoms with E-state index in [9.17, 15) is 23.1 Å². The molecule has 1 atom stereocenters. The SMILES string of the molecule is CN1CC(C(N)=O)(C(O)(c2ccc(OC(F)(F)F)cc2)c2cccc(Cl)c2)C1. The number of aliphatic hydroxyl groups is 1. The molecule has 0 aliphatic carbocycles. The van der Waals surface area contributed by atoms with Crippen molar-refractivity contribution >= 4 is 17.5 Å². The molecule has 1 fully saturated rings. The van der Waals surface area contributed by atoms with Crippen LogP contribution in [0.2, 0.25) is 5.02 Å². The highest BCUT2D eigenvalue weighted by molar-refractivity contribution is 6.30. The van der Waals surface area contributed by atoms with Gasteiger partial charge in [-0.1, -0.05) is 35.9 Å². The Hall–Kier alpha value is -2.29. The first-order valence-electron chi connectivity index (χ1n) is 8.31. The molecule has 1 aliphatic heterocycles. The number of primary amides is 1. The van der Waals surface area contributed by atoms with Gasteiger partial charge in [-0.05, 0) is 42.4 Å². The van der Waals surface area contributed by atoms with Crippen LogP contribution in [0.4, 0.5) is 13.2 Å². The molecule has 1 unspecified atom stereocenters. The largest absolute Gasteiger partial charge is 0.573 e. The zero-order chi connectivity index (χ0) is 20.7. The van der Waals surface area contributed by atoms with Gasteiger partial charge < -0.3 is 20.5 Å². The second kappa shape index (κ2) is 6.95. The van der Waals surface area contributed by atoms with E-state index >= 15 is 0 Å². The molecule has 0 spiro atoms. The third kappa shape index (κ3) is 3.43. The van der Waals surface area contributed by atoms with E-state index in [0.29, 0.717) is 10.6 Å². The number of likely N-dealkylation sites (tertiary alicyclic amines) is 1. The van der Waals surface area contributed by atoms with Crippen LogP contribution in [0.5, 0.6) is 5.75 Å². The standard InChI is InChI=1S/C19H18ClF3N2O3/c1-25-10-17(11-25,16(24)26)18(27,13-3-2-4-14(20)9-13)12-5-7-15(8-6-12)28-19(21,22)23/h2-9,27H,10-11H2,1H3,(H2,24,26). The fourth-order valence-corrected chi connectivity index (χ4v) is 3.96. The number of halogens is 4. The number of benzene rings is 2. The quantitative estimate of drug-likeness (QED) is 0.789. The number of alkyl halides is 3. The van der Waals surface area contributed by atoms with Crippen LogP contribution in [0.15, 0.2) is 48.5 Å². The smallest absolute Gasteiger partial charge is 0.406 e. The van der Waals surface area contributed by atoms with Crippen molar-refractivity contribution in [1.82, 2.24) is 4.90 Å². The molecule has 1 aliphatic rings. The second-order valence-electron chi connectivity index (χ2n) is 6.91. The van der Waals surface area contributed by atoms with Gasteiger partial charge in [0.2, 0.25) is 5.91 Å². The first kappa shape index (κ1) is 20.4. The number of ether oxygens (including phenoxy) is 1. The predicted octanol–water partition coefficient (Wildman–Crippen LogP) is 2.89. The van der Waals surface area contributed by atoms with Gasteiger partial charge in [0.1, 0.15) is 16.8 Å². The zero-order valence-electron chi connectivity index (χ0n) is 14.8. The maximum absolute atomic E-state index is 12.4. The van der Waals surface area contributed by atoms with Gasteiger partial charge in [0, 0.05) is 18.1 Å². The van der Waals surface area contributed by atoms with Crippen molar-refractivity contribution in [3.63, 3.8) is 0 Å². The van der Waals surface area contributed by atoms with E-state index in [4.69, 9.17) is 17.3 Å². The van der Waals surface area contributed by atoms with E-state index in [1.54, 1.807) is 30.1 Å². The fraction of sp³-hybridized carbons (Fsp3) is 0.316. The van der Waals surface area contributed by atoms with Crippen LogP contribution in [0.25, 0.3) is 0 Å². The minimum atomic E-state index is -4.84. The number of nitrogens with two attached hydrogens (primary N) is 1. The van der Waals surface area contributed by atoms with Crippen molar-refractivity contribution in [1.29, 1.82) is 0 Å². The van der Waals surface area contributed by atoms with Crippen LogP contribution in [0, 0.1) is 5.41 Å². The molecule has 5 nitrogen and oxygen atoms in total. The summed E-state index contributed by atoms with van der Waals surface area (Å²) in [6.45, 7) is 0.346. The van der Waals surface area contributed by atoms with Crippen molar-refractivity contribution in [2.24, 2.45) is 11.1 Å². The summed E-state index contributed by atoms with van der Waals surface area (Å²) in [5, 5.41) is 12.1. The van der Waals surface area contributed by atoms with Gasteiger partial charge in [0.05, 0.1) is 0 Å². The summed E-state index contributed by atoms with van der Waals surface area (Å²) >= 11 is 6.07. The highest BCUT2D eigenvalue weighted by atomic mass is 35.5. The minimum Gasteiger partial charge on any atom is -0.406 e. The van der Waals surface area contributed by atoms with Gasteiger partial charge in [-0.25, -0.2) is 0 Å². The van der Waals surface area contributed by atoms with Gasteiger partial charge in [0.25, 0.3) is 0 Å². The molecule has 0 saturated carbocycles. The lowest BCUT2D eigenvalue weighted by molar-refractivity contribution is -0.274. The summed E-state index contributed by atoms with van der Waals surface area (Å²) < 4.78 is 41.2. The van der Waals surface area contributed by atoms with Gasteiger partial charge in [-0.15, -0.1) is 13.2 Å². The number of hydrogen-bond acceptors (Lipinski definition) is 4. The van der Waals surface area contributed by atoms with Gasteiger partial charge in [0.15, 0.2) is 0 Å². The number of hydrogen-bond donors (Lipinski definition) is 2. The molecule has 0 bridgehead atoms. The summed E-state index contributed by atoms with van der Waals surface area (Å²) in [6.07, 6.45) is -4.84. The molecule has 2 aromatic rings. The fourth-order valence-electron chi connectivity index (χ4n) is 3.77. The molecule has 9 heteroatoms. The molecule has 1 amide bonds. The Kier molecular flexibility index (Phi) is 5.07. The maximum atomic E-state index is 12.4. The minimum absolute atomic E-state index is 0.173. The van der Waals surface area contributed by atoms with E-state index in [0.717, 1.165) is 12.1 Å². The summed E-state index contributed by atoms with van der Waals surface area (Å²) in [5.74, 6) is -1.16. The van der Waals surface area contributed by atoms with E-state index in [1.807, 2.05) is 0 Å². The molecule has 28 heavy (non-hydrogen) atoms. The average molecular weight is 415 g/mol. The van der Waals surface area contributed by atoms with E-state index in [1.165, 1.54) is 18.2 Å².